The van der Waals surface area contributed by atoms with E-state index in [1.807, 2.05) is 24.3 Å². The van der Waals surface area contributed by atoms with Gasteiger partial charge in [0.1, 0.15) is 11.3 Å². The Morgan fingerprint density at radius 3 is 2.50 bits per heavy atom. The molecule has 4 rings (SSSR count). The molecule has 7 heteroatoms. The molecule has 2 aromatic heterocycles. The quantitative estimate of drug-likeness (QED) is 0.718. The Kier molecular flexibility index (Phi) is 5.20. The molecule has 26 heavy (non-hydrogen) atoms. The number of nitrogens with zero attached hydrogens (tertiary/aromatic N) is 4. The van der Waals surface area contributed by atoms with Crippen molar-refractivity contribution >= 4 is 40.2 Å². The summed E-state index contributed by atoms with van der Waals surface area (Å²) in [6.07, 6.45) is 5.47. The molecule has 3 aromatic rings. The smallest absolute Gasteiger partial charge is 0.180 e. The standard InChI is InChI=1S/C19H19Cl2N5/c20-14-9-13(10-15(21)11-14)12-26-7-3-16(4-8-26)24-18-2-1-17-19(25-18)23-6-5-22-17/h1-2,5-6,9-11,16H,3-4,7-8,12H2,(H,23,24,25). The topological polar surface area (TPSA) is 53.9 Å². The van der Waals surface area contributed by atoms with Gasteiger partial charge in [-0.15, -0.1) is 0 Å². The minimum absolute atomic E-state index is 0.413. The molecule has 1 aliphatic heterocycles. The second-order valence-corrected chi connectivity index (χ2v) is 7.44. The van der Waals surface area contributed by atoms with Crippen LogP contribution in [0.25, 0.3) is 11.2 Å². The summed E-state index contributed by atoms with van der Waals surface area (Å²) in [6.45, 7) is 2.92. The maximum atomic E-state index is 6.09. The van der Waals surface area contributed by atoms with Crippen LogP contribution in [0.4, 0.5) is 5.82 Å². The molecule has 1 saturated heterocycles. The van der Waals surface area contributed by atoms with Gasteiger partial charge in [-0.2, -0.15) is 0 Å². The van der Waals surface area contributed by atoms with E-state index < -0.39 is 0 Å². The Hall–Kier alpha value is -1.95. The number of halogens is 2. The molecule has 0 bridgehead atoms. The predicted octanol–water partition coefficient (Wildman–Crippen LogP) is 4.41. The lowest BCUT2D eigenvalue weighted by atomic mass is 10.0. The van der Waals surface area contributed by atoms with Gasteiger partial charge in [0, 0.05) is 48.1 Å². The number of hydrogen-bond acceptors (Lipinski definition) is 5. The Labute approximate surface area is 162 Å². The fourth-order valence-electron chi connectivity index (χ4n) is 3.34. The lowest BCUT2D eigenvalue weighted by Crippen LogP contribution is -2.38. The van der Waals surface area contributed by atoms with E-state index in [0.717, 1.165) is 49.4 Å². The summed E-state index contributed by atoms with van der Waals surface area (Å²) in [5.41, 5.74) is 2.64. The van der Waals surface area contributed by atoms with Crippen LogP contribution in [-0.4, -0.2) is 39.0 Å². The summed E-state index contributed by atoms with van der Waals surface area (Å²) in [5.74, 6) is 0.859. The molecule has 1 aromatic carbocycles. The first kappa shape index (κ1) is 17.5. The van der Waals surface area contributed by atoms with E-state index in [1.165, 1.54) is 0 Å². The van der Waals surface area contributed by atoms with Crippen molar-refractivity contribution in [3.8, 4) is 0 Å². The van der Waals surface area contributed by atoms with Crippen LogP contribution in [0.2, 0.25) is 10.0 Å². The minimum Gasteiger partial charge on any atom is -0.367 e. The highest BCUT2D eigenvalue weighted by Crippen LogP contribution is 2.22. The van der Waals surface area contributed by atoms with Crippen LogP contribution < -0.4 is 5.32 Å². The third-order valence-electron chi connectivity index (χ3n) is 4.60. The highest BCUT2D eigenvalue weighted by molar-refractivity contribution is 6.34. The van der Waals surface area contributed by atoms with Crippen LogP contribution >= 0.6 is 23.2 Å². The molecule has 1 N–H and O–H groups in total. The lowest BCUT2D eigenvalue weighted by Gasteiger charge is -2.32. The van der Waals surface area contributed by atoms with E-state index in [0.29, 0.717) is 21.7 Å². The van der Waals surface area contributed by atoms with Crippen LogP contribution in [0.1, 0.15) is 18.4 Å². The molecule has 0 radical (unpaired) electrons. The predicted molar refractivity (Wildman–Crippen MR) is 106 cm³/mol. The summed E-state index contributed by atoms with van der Waals surface area (Å²) >= 11 is 12.2. The second-order valence-electron chi connectivity index (χ2n) is 6.57. The van der Waals surface area contributed by atoms with Crippen molar-refractivity contribution in [1.29, 1.82) is 0 Å². The number of pyridine rings is 1. The number of piperidine rings is 1. The largest absolute Gasteiger partial charge is 0.367 e. The van der Waals surface area contributed by atoms with E-state index >= 15 is 0 Å². The zero-order valence-corrected chi connectivity index (χ0v) is 15.7. The van der Waals surface area contributed by atoms with E-state index in [2.05, 4.69) is 25.2 Å². The van der Waals surface area contributed by atoms with Crippen LogP contribution in [0.15, 0.2) is 42.7 Å². The van der Waals surface area contributed by atoms with Crippen LogP contribution in [0.5, 0.6) is 0 Å². The van der Waals surface area contributed by atoms with E-state index in [4.69, 9.17) is 23.2 Å². The van der Waals surface area contributed by atoms with Crippen molar-refractivity contribution in [2.75, 3.05) is 18.4 Å². The average molecular weight is 388 g/mol. The van der Waals surface area contributed by atoms with Crippen molar-refractivity contribution in [3.63, 3.8) is 0 Å². The number of anilines is 1. The van der Waals surface area contributed by atoms with Gasteiger partial charge in [0.2, 0.25) is 0 Å². The van der Waals surface area contributed by atoms with Gasteiger partial charge in [0.05, 0.1) is 0 Å². The first-order chi connectivity index (χ1) is 12.7. The number of hydrogen-bond donors (Lipinski definition) is 1. The monoisotopic (exact) mass is 387 g/mol. The average Bonchev–Trinajstić information content (AvgIpc) is 2.62. The first-order valence-corrected chi connectivity index (χ1v) is 9.43. The highest BCUT2D eigenvalue weighted by atomic mass is 35.5. The molecular formula is C19H19Cl2N5. The van der Waals surface area contributed by atoms with Crippen molar-refractivity contribution in [1.82, 2.24) is 19.9 Å². The third-order valence-corrected chi connectivity index (χ3v) is 5.04. The molecule has 3 heterocycles. The number of benzene rings is 1. The molecule has 5 nitrogen and oxygen atoms in total. The molecule has 0 atom stereocenters. The summed E-state index contributed by atoms with van der Waals surface area (Å²) in [6, 6.07) is 10.1. The summed E-state index contributed by atoms with van der Waals surface area (Å²) in [7, 11) is 0. The van der Waals surface area contributed by atoms with Crippen LogP contribution in [0.3, 0.4) is 0 Å². The van der Waals surface area contributed by atoms with Gasteiger partial charge in [-0.25, -0.2) is 9.97 Å². The molecule has 0 unspecified atom stereocenters. The maximum Gasteiger partial charge on any atom is 0.180 e. The molecule has 0 aliphatic carbocycles. The fourth-order valence-corrected chi connectivity index (χ4v) is 3.91. The van der Waals surface area contributed by atoms with E-state index in [1.54, 1.807) is 18.5 Å². The van der Waals surface area contributed by atoms with Crippen molar-refractivity contribution in [2.45, 2.75) is 25.4 Å². The van der Waals surface area contributed by atoms with Gasteiger partial charge in [0.15, 0.2) is 5.65 Å². The zero-order valence-electron chi connectivity index (χ0n) is 14.2. The van der Waals surface area contributed by atoms with E-state index in [9.17, 15) is 0 Å². The summed E-state index contributed by atoms with van der Waals surface area (Å²) in [4.78, 5) is 15.5. The Morgan fingerprint density at radius 1 is 1.00 bits per heavy atom. The molecular weight excluding hydrogens is 369 g/mol. The minimum atomic E-state index is 0.413. The fraction of sp³-hybridized carbons (Fsp3) is 0.316. The van der Waals surface area contributed by atoms with Crippen LogP contribution in [-0.2, 0) is 6.54 Å². The first-order valence-electron chi connectivity index (χ1n) is 8.67. The Morgan fingerprint density at radius 2 is 1.73 bits per heavy atom. The molecule has 1 fully saturated rings. The van der Waals surface area contributed by atoms with Gasteiger partial charge in [0.25, 0.3) is 0 Å². The number of rotatable bonds is 4. The SMILES string of the molecule is Clc1cc(Cl)cc(CN2CCC(Nc3ccc4nccnc4n3)CC2)c1. The number of aromatic nitrogens is 3. The number of likely N-dealkylation sites (tertiary alicyclic amines) is 1. The van der Waals surface area contributed by atoms with Gasteiger partial charge >= 0.3 is 0 Å². The van der Waals surface area contributed by atoms with Crippen molar-refractivity contribution in [3.05, 3.63) is 58.3 Å². The molecule has 0 spiro atoms. The summed E-state index contributed by atoms with van der Waals surface area (Å²) in [5, 5.41) is 4.91. The zero-order chi connectivity index (χ0) is 17.9. The number of nitrogens with one attached hydrogen (secondary N) is 1. The highest BCUT2D eigenvalue weighted by Gasteiger charge is 2.19. The number of fused-ring (bicyclic) bond motifs is 1. The second kappa shape index (κ2) is 7.74. The Bertz CT molecular complexity index is 889. The molecule has 0 amide bonds. The van der Waals surface area contributed by atoms with Gasteiger partial charge in [-0.05, 0) is 48.7 Å². The van der Waals surface area contributed by atoms with Gasteiger partial charge < -0.3 is 5.32 Å². The van der Waals surface area contributed by atoms with Crippen molar-refractivity contribution < 1.29 is 0 Å². The molecule has 1 aliphatic rings. The molecule has 0 saturated carbocycles. The van der Waals surface area contributed by atoms with Crippen LogP contribution in [0, 0.1) is 0 Å². The van der Waals surface area contributed by atoms with E-state index in [-0.39, 0.29) is 0 Å². The van der Waals surface area contributed by atoms with Gasteiger partial charge in [-0.1, -0.05) is 23.2 Å². The lowest BCUT2D eigenvalue weighted by molar-refractivity contribution is 0.211. The molecule has 134 valence electrons. The maximum absolute atomic E-state index is 6.09. The third kappa shape index (κ3) is 4.23. The van der Waals surface area contributed by atoms with Crippen molar-refractivity contribution in [2.24, 2.45) is 0 Å². The van der Waals surface area contributed by atoms with Gasteiger partial charge in [-0.3, -0.25) is 9.88 Å². The Balaban J connectivity index is 1.34. The normalized spacial score (nSPS) is 16.1. The summed E-state index contributed by atoms with van der Waals surface area (Å²) < 4.78 is 0.